The van der Waals surface area contributed by atoms with Crippen LogP contribution in [0.2, 0.25) is 0 Å². The van der Waals surface area contributed by atoms with Gasteiger partial charge in [0.2, 0.25) is 10.0 Å². The Morgan fingerprint density at radius 2 is 1.85 bits per heavy atom. The molecule has 1 atom stereocenters. The van der Waals surface area contributed by atoms with Crippen LogP contribution < -0.4 is 4.72 Å². The predicted octanol–water partition coefficient (Wildman–Crippen LogP) is 2.21. The zero-order chi connectivity index (χ0) is 15.2. The first-order valence-electron chi connectivity index (χ1n) is 6.79. The van der Waals surface area contributed by atoms with Gasteiger partial charge in [-0.2, -0.15) is 0 Å². The largest absolute Gasteiger partial charge is 0.387 e. The summed E-state index contributed by atoms with van der Waals surface area (Å²) in [5.74, 6) is -0.415. The highest BCUT2D eigenvalue weighted by Gasteiger charge is 2.19. The fourth-order valence-corrected chi connectivity index (χ4v) is 3.58. The first kappa shape index (κ1) is 17.1. The highest BCUT2D eigenvalue weighted by atomic mass is 32.2. The van der Waals surface area contributed by atoms with Crippen molar-refractivity contribution in [3.8, 4) is 0 Å². The van der Waals surface area contributed by atoms with Gasteiger partial charge in [0.1, 0.15) is 5.82 Å². The van der Waals surface area contributed by atoms with E-state index in [2.05, 4.69) is 4.72 Å². The molecule has 0 aromatic heterocycles. The Morgan fingerprint density at radius 3 is 2.40 bits per heavy atom. The minimum absolute atomic E-state index is 0.0317. The molecule has 0 spiro atoms. The van der Waals surface area contributed by atoms with Crippen molar-refractivity contribution in [3.63, 3.8) is 0 Å². The minimum atomic E-state index is -3.45. The third-order valence-corrected chi connectivity index (χ3v) is 4.89. The van der Waals surface area contributed by atoms with E-state index >= 15 is 0 Å². The topological polar surface area (TPSA) is 66.4 Å². The number of halogens is 1. The summed E-state index contributed by atoms with van der Waals surface area (Å²) in [5, 5.41) is 9.85. The number of sulfonamides is 1. The second-order valence-corrected chi connectivity index (χ2v) is 6.70. The molecule has 0 amide bonds. The van der Waals surface area contributed by atoms with E-state index in [9.17, 15) is 17.9 Å². The van der Waals surface area contributed by atoms with Gasteiger partial charge >= 0.3 is 0 Å². The van der Waals surface area contributed by atoms with E-state index < -0.39 is 21.9 Å². The Balaban J connectivity index is 2.60. The maximum Gasteiger partial charge on any atom is 0.211 e. The maximum absolute atomic E-state index is 13.4. The van der Waals surface area contributed by atoms with Crippen molar-refractivity contribution < 1.29 is 17.9 Å². The van der Waals surface area contributed by atoms with Gasteiger partial charge in [-0.05, 0) is 12.0 Å². The third kappa shape index (κ3) is 5.19. The predicted molar refractivity (Wildman–Crippen MR) is 77.2 cm³/mol. The molecule has 0 bridgehead atoms. The Hall–Kier alpha value is -0.980. The van der Waals surface area contributed by atoms with Crippen LogP contribution in [0.25, 0.3) is 0 Å². The van der Waals surface area contributed by atoms with E-state index in [0.717, 1.165) is 12.8 Å². The fourth-order valence-electron chi connectivity index (χ4n) is 1.95. The molecule has 0 aliphatic rings. The summed E-state index contributed by atoms with van der Waals surface area (Å²) in [4.78, 5) is 0. The van der Waals surface area contributed by atoms with Crippen LogP contribution in [0, 0.1) is 11.7 Å². The van der Waals surface area contributed by atoms with E-state index in [1.165, 1.54) is 18.2 Å². The molecule has 1 aromatic carbocycles. The van der Waals surface area contributed by atoms with Gasteiger partial charge in [0.05, 0.1) is 11.9 Å². The average Bonchev–Trinajstić information content (AvgIpc) is 2.43. The first-order chi connectivity index (χ1) is 9.39. The quantitative estimate of drug-likeness (QED) is 0.774. The standard InChI is InChI=1S/C14H22FNO3S/c1-3-11(4-2)10-20(18,19)16-9-14(17)12-7-5-6-8-13(12)15/h5-8,11,14,16-17H,3-4,9-10H2,1-2H3. The monoisotopic (exact) mass is 303 g/mol. The Morgan fingerprint density at radius 1 is 1.25 bits per heavy atom. The van der Waals surface area contributed by atoms with E-state index in [-0.39, 0.29) is 23.8 Å². The minimum Gasteiger partial charge on any atom is -0.387 e. The van der Waals surface area contributed by atoms with Crippen LogP contribution in [0.15, 0.2) is 24.3 Å². The van der Waals surface area contributed by atoms with Gasteiger partial charge in [0, 0.05) is 12.1 Å². The first-order valence-corrected chi connectivity index (χ1v) is 8.44. The van der Waals surface area contributed by atoms with Gasteiger partial charge in [0.15, 0.2) is 0 Å². The second-order valence-electron chi connectivity index (χ2n) is 4.85. The van der Waals surface area contributed by atoms with Crippen molar-refractivity contribution in [3.05, 3.63) is 35.6 Å². The number of rotatable bonds is 8. The van der Waals surface area contributed by atoms with Crippen molar-refractivity contribution in [2.24, 2.45) is 5.92 Å². The molecule has 0 fully saturated rings. The molecule has 2 N–H and O–H groups in total. The molecule has 1 aromatic rings. The number of aliphatic hydroxyl groups excluding tert-OH is 1. The molecule has 0 aliphatic carbocycles. The average molecular weight is 303 g/mol. The fraction of sp³-hybridized carbons (Fsp3) is 0.571. The summed E-state index contributed by atoms with van der Waals surface area (Å²) >= 11 is 0. The number of benzene rings is 1. The van der Waals surface area contributed by atoms with Gasteiger partial charge in [-0.1, -0.05) is 44.9 Å². The van der Waals surface area contributed by atoms with Crippen LogP contribution in [0.5, 0.6) is 0 Å². The maximum atomic E-state index is 13.4. The number of aliphatic hydroxyl groups is 1. The van der Waals surface area contributed by atoms with E-state index in [0.29, 0.717) is 0 Å². The lowest BCUT2D eigenvalue weighted by Crippen LogP contribution is -2.33. The zero-order valence-corrected chi connectivity index (χ0v) is 12.7. The molecule has 6 heteroatoms. The van der Waals surface area contributed by atoms with E-state index in [1.807, 2.05) is 13.8 Å². The summed E-state index contributed by atoms with van der Waals surface area (Å²) in [6.45, 7) is 3.67. The van der Waals surface area contributed by atoms with Crippen LogP contribution in [-0.4, -0.2) is 25.8 Å². The van der Waals surface area contributed by atoms with Crippen LogP contribution >= 0.6 is 0 Å². The molecule has 0 radical (unpaired) electrons. The highest BCUT2D eigenvalue weighted by molar-refractivity contribution is 7.89. The molecule has 20 heavy (non-hydrogen) atoms. The van der Waals surface area contributed by atoms with E-state index in [1.54, 1.807) is 6.07 Å². The smallest absolute Gasteiger partial charge is 0.211 e. The SMILES string of the molecule is CCC(CC)CS(=O)(=O)NCC(O)c1ccccc1F. The summed E-state index contributed by atoms with van der Waals surface area (Å²) in [6, 6.07) is 5.79. The molecule has 1 unspecified atom stereocenters. The van der Waals surface area contributed by atoms with Gasteiger partial charge in [-0.25, -0.2) is 17.5 Å². The summed E-state index contributed by atoms with van der Waals surface area (Å²) < 4.78 is 39.5. The lowest BCUT2D eigenvalue weighted by atomic mass is 10.1. The zero-order valence-electron chi connectivity index (χ0n) is 11.8. The lowest BCUT2D eigenvalue weighted by molar-refractivity contribution is 0.177. The van der Waals surface area contributed by atoms with Crippen molar-refractivity contribution in [1.29, 1.82) is 0 Å². The van der Waals surface area contributed by atoms with Crippen LogP contribution in [0.1, 0.15) is 38.4 Å². The Kier molecular flexibility index (Phi) is 6.58. The second kappa shape index (κ2) is 7.71. The Bertz CT molecular complexity index is 515. The summed E-state index contributed by atoms with van der Waals surface area (Å²) in [5.41, 5.74) is 0.0951. The van der Waals surface area contributed by atoms with Crippen LogP contribution in [0.4, 0.5) is 4.39 Å². The number of nitrogens with one attached hydrogen (secondary N) is 1. The molecular formula is C14H22FNO3S. The Labute approximate surface area is 120 Å². The molecule has 1 rings (SSSR count). The van der Waals surface area contributed by atoms with E-state index in [4.69, 9.17) is 0 Å². The van der Waals surface area contributed by atoms with Gasteiger partial charge in [-0.15, -0.1) is 0 Å². The molecule has 0 saturated carbocycles. The van der Waals surface area contributed by atoms with Crippen molar-refractivity contribution >= 4 is 10.0 Å². The number of hydrogen-bond acceptors (Lipinski definition) is 3. The highest BCUT2D eigenvalue weighted by Crippen LogP contribution is 2.16. The molecule has 114 valence electrons. The van der Waals surface area contributed by atoms with Gasteiger partial charge in [-0.3, -0.25) is 0 Å². The normalized spacial score (nSPS) is 13.7. The molecule has 4 nitrogen and oxygen atoms in total. The molecule has 0 heterocycles. The van der Waals surface area contributed by atoms with Crippen LogP contribution in [-0.2, 0) is 10.0 Å². The number of hydrogen-bond donors (Lipinski definition) is 2. The van der Waals surface area contributed by atoms with Crippen molar-refractivity contribution in [2.45, 2.75) is 32.8 Å². The molecule has 0 saturated heterocycles. The molecule has 0 aliphatic heterocycles. The molecular weight excluding hydrogens is 281 g/mol. The van der Waals surface area contributed by atoms with Crippen molar-refractivity contribution in [1.82, 2.24) is 4.72 Å². The van der Waals surface area contributed by atoms with Crippen molar-refractivity contribution in [2.75, 3.05) is 12.3 Å². The summed E-state index contributed by atoms with van der Waals surface area (Å²) in [6.07, 6.45) is 0.383. The van der Waals surface area contributed by atoms with Crippen LogP contribution in [0.3, 0.4) is 0 Å². The third-order valence-electron chi connectivity index (χ3n) is 3.37. The summed E-state index contributed by atoms with van der Waals surface area (Å²) in [7, 11) is -3.45. The van der Waals surface area contributed by atoms with Gasteiger partial charge in [0.25, 0.3) is 0 Å². The van der Waals surface area contributed by atoms with Gasteiger partial charge < -0.3 is 5.11 Å². The lowest BCUT2D eigenvalue weighted by Gasteiger charge is -2.16.